The van der Waals surface area contributed by atoms with Gasteiger partial charge in [-0.15, -0.1) is 0 Å². The lowest BCUT2D eigenvalue weighted by Crippen LogP contribution is -2.54. The van der Waals surface area contributed by atoms with Gasteiger partial charge in [0.05, 0.1) is 12.0 Å². The highest BCUT2D eigenvalue weighted by Gasteiger charge is 2.36. The number of nitrogens with zero attached hydrogens (tertiary/aromatic N) is 3. The zero-order valence-corrected chi connectivity index (χ0v) is 16.7. The molecule has 0 spiro atoms. The van der Waals surface area contributed by atoms with E-state index in [1.165, 1.54) is 0 Å². The molecule has 146 valence electrons. The van der Waals surface area contributed by atoms with Crippen molar-refractivity contribution in [2.45, 2.75) is 26.3 Å². The number of likely N-dealkylation sites (tertiary alicyclic amines) is 1. The van der Waals surface area contributed by atoms with Crippen molar-refractivity contribution in [1.82, 2.24) is 14.7 Å². The van der Waals surface area contributed by atoms with Gasteiger partial charge in [-0.1, -0.05) is 25.4 Å². The second-order valence-corrected chi connectivity index (χ2v) is 8.33. The quantitative estimate of drug-likeness (QED) is 0.723. The number of hydrogen-bond acceptors (Lipinski definition) is 4. The first-order valence-corrected chi connectivity index (χ1v) is 9.68. The van der Waals surface area contributed by atoms with Crippen molar-refractivity contribution in [3.63, 3.8) is 0 Å². The normalized spacial score (nSPS) is 19.0. The number of piperidine rings is 1. The number of furan rings is 1. The van der Waals surface area contributed by atoms with Crippen LogP contribution in [0.5, 0.6) is 0 Å². The Kier molecular flexibility index (Phi) is 4.77. The second-order valence-electron chi connectivity index (χ2n) is 7.89. The fourth-order valence-corrected chi connectivity index (χ4v) is 3.70. The minimum atomic E-state index is -0.128. The molecule has 0 bridgehead atoms. The van der Waals surface area contributed by atoms with E-state index in [0.717, 1.165) is 12.1 Å². The molecule has 0 saturated carbocycles. The number of halogens is 1. The molecule has 4 rings (SSSR count). The summed E-state index contributed by atoms with van der Waals surface area (Å²) in [6, 6.07) is 12.8. The molecule has 28 heavy (non-hydrogen) atoms. The van der Waals surface area contributed by atoms with Gasteiger partial charge in [0.2, 0.25) is 0 Å². The summed E-state index contributed by atoms with van der Waals surface area (Å²) in [5, 5.41) is 5.24. The van der Waals surface area contributed by atoms with Crippen LogP contribution in [0.4, 0.5) is 0 Å². The molecule has 1 atom stereocenters. The highest BCUT2D eigenvalue weighted by atomic mass is 35.5. The summed E-state index contributed by atoms with van der Waals surface area (Å²) in [5.74, 6) is 0.544. The molecule has 1 saturated heterocycles. The number of nitrogens with two attached hydrogens (primary N) is 1. The van der Waals surface area contributed by atoms with E-state index in [4.69, 9.17) is 21.8 Å². The number of aromatic nitrogens is 2. The summed E-state index contributed by atoms with van der Waals surface area (Å²) in [6.45, 7) is 5.43. The van der Waals surface area contributed by atoms with Crippen molar-refractivity contribution >= 4 is 17.5 Å². The van der Waals surface area contributed by atoms with E-state index in [9.17, 15) is 4.79 Å². The average Bonchev–Trinajstić information content (AvgIpc) is 3.33. The van der Waals surface area contributed by atoms with Crippen LogP contribution in [-0.2, 0) is 0 Å². The molecule has 2 aromatic heterocycles. The number of carbonyl (C=O) groups excluding carboxylic acids is 1. The Labute approximate surface area is 168 Å². The van der Waals surface area contributed by atoms with Crippen LogP contribution in [0, 0.1) is 5.41 Å². The Morgan fingerprint density at radius 1 is 1.29 bits per heavy atom. The van der Waals surface area contributed by atoms with Crippen molar-refractivity contribution in [2.24, 2.45) is 11.1 Å². The Morgan fingerprint density at radius 2 is 2.04 bits per heavy atom. The van der Waals surface area contributed by atoms with Crippen molar-refractivity contribution in [3.8, 4) is 17.1 Å². The molecule has 1 aliphatic heterocycles. The maximum atomic E-state index is 13.2. The van der Waals surface area contributed by atoms with E-state index in [1.54, 1.807) is 29.1 Å². The Balaban J connectivity index is 1.71. The van der Waals surface area contributed by atoms with Gasteiger partial charge in [0, 0.05) is 30.2 Å². The first-order valence-electron chi connectivity index (χ1n) is 9.30. The predicted molar refractivity (Wildman–Crippen MR) is 109 cm³/mol. The third-order valence-corrected chi connectivity index (χ3v) is 5.62. The molecule has 1 aliphatic rings. The van der Waals surface area contributed by atoms with Gasteiger partial charge in [0.15, 0.2) is 11.5 Å². The molecule has 0 radical (unpaired) electrons. The molecule has 6 nitrogen and oxygen atoms in total. The van der Waals surface area contributed by atoms with Gasteiger partial charge in [0.1, 0.15) is 5.69 Å². The monoisotopic (exact) mass is 398 g/mol. The molecule has 1 unspecified atom stereocenters. The van der Waals surface area contributed by atoms with Crippen molar-refractivity contribution < 1.29 is 9.21 Å². The second kappa shape index (κ2) is 7.11. The van der Waals surface area contributed by atoms with Crippen LogP contribution in [0.25, 0.3) is 17.1 Å². The van der Waals surface area contributed by atoms with Crippen LogP contribution in [0.1, 0.15) is 30.8 Å². The fourth-order valence-electron chi connectivity index (χ4n) is 3.57. The summed E-state index contributed by atoms with van der Waals surface area (Å²) in [7, 11) is 0. The van der Waals surface area contributed by atoms with Crippen LogP contribution in [-0.4, -0.2) is 39.7 Å². The molecule has 2 N–H and O–H groups in total. The Bertz CT molecular complexity index is 977. The van der Waals surface area contributed by atoms with Gasteiger partial charge < -0.3 is 15.1 Å². The van der Waals surface area contributed by atoms with E-state index in [1.807, 2.05) is 29.2 Å². The Hall–Kier alpha value is -2.57. The predicted octanol–water partition coefficient (Wildman–Crippen LogP) is 3.99. The van der Waals surface area contributed by atoms with Crippen molar-refractivity contribution in [3.05, 3.63) is 59.4 Å². The zero-order valence-electron chi connectivity index (χ0n) is 15.9. The van der Waals surface area contributed by atoms with Crippen LogP contribution >= 0.6 is 11.6 Å². The lowest BCUT2D eigenvalue weighted by atomic mass is 9.79. The molecular formula is C21H23ClN4O2. The average molecular weight is 399 g/mol. The molecule has 1 amide bonds. The van der Waals surface area contributed by atoms with Gasteiger partial charge >= 0.3 is 0 Å². The van der Waals surface area contributed by atoms with Crippen LogP contribution < -0.4 is 5.73 Å². The molecular weight excluding hydrogens is 376 g/mol. The largest absolute Gasteiger partial charge is 0.463 e. The molecule has 3 aromatic rings. The van der Waals surface area contributed by atoms with Crippen LogP contribution in [0.15, 0.2) is 53.1 Å². The zero-order chi connectivity index (χ0) is 19.9. The first-order chi connectivity index (χ1) is 13.3. The minimum absolute atomic E-state index is 0.0851. The summed E-state index contributed by atoms with van der Waals surface area (Å²) >= 11 is 6.01. The number of hydrogen-bond donors (Lipinski definition) is 1. The third kappa shape index (κ3) is 3.45. The molecule has 3 heterocycles. The van der Waals surface area contributed by atoms with E-state index < -0.39 is 0 Å². The number of rotatable bonds is 3. The highest BCUT2D eigenvalue weighted by Crippen LogP contribution is 2.30. The van der Waals surface area contributed by atoms with Gasteiger partial charge in [-0.05, 0) is 48.2 Å². The highest BCUT2D eigenvalue weighted by molar-refractivity contribution is 6.30. The van der Waals surface area contributed by atoms with E-state index in [0.29, 0.717) is 35.3 Å². The van der Waals surface area contributed by atoms with E-state index in [2.05, 4.69) is 18.9 Å². The van der Waals surface area contributed by atoms with Crippen molar-refractivity contribution in [2.75, 3.05) is 13.1 Å². The summed E-state index contributed by atoms with van der Waals surface area (Å²) in [4.78, 5) is 15.0. The van der Waals surface area contributed by atoms with Gasteiger partial charge in [-0.25, -0.2) is 4.68 Å². The van der Waals surface area contributed by atoms with Crippen molar-refractivity contribution in [1.29, 1.82) is 0 Å². The lowest BCUT2D eigenvalue weighted by Gasteiger charge is -2.42. The summed E-state index contributed by atoms with van der Waals surface area (Å²) < 4.78 is 7.27. The van der Waals surface area contributed by atoms with Gasteiger partial charge in [-0.2, -0.15) is 5.10 Å². The molecule has 7 heteroatoms. The maximum Gasteiger partial charge on any atom is 0.274 e. The summed E-state index contributed by atoms with van der Waals surface area (Å²) in [5.41, 5.74) is 7.98. The SMILES string of the molecule is CC1(C)CN(C(=O)c2cc(-c3ccco3)n(-c3ccc(Cl)cc3)n2)CCC1N. The number of benzene rings is 1. The number of carbonyl (C=O) groups is 1. The third-order valence-electron chi connectivity index (χ3n) is 5.37. The van der Waals surface area contributed by atoms with Gasteiger partial charge in [0.25, 0.3) is 5.91 Å². The maximum absolute atomic E-state index is 13.2. The van der Waals surface area contributed by atoms with Crippen LogP contribution in [0.3, 0.4) is 0 Å². The fraction of sp³-hybridized carbons (Fsp3) is 0.333. The molecule has 0 aliphatic carbocycles. The topological polar surface area (TPSA) is 77.3 Å². The first kappa shape index (κ1) is 18.8. The lowest BCUT2D eigenvalue weighted by molar-refractivity contribution is 0.0527. The van der Waals surface area contributed by atoms with Crippen LogP contribution in [0.2, 0.25) is 5.02 Å². The van der Waals surface area contributed by atoms with E-state index in [-0.39, 0.29) is 17.4 Å². The molecule has 1 aromatic carbocycles. The standard InChI is InChI=1S/C21H23ClN4O2/c1-21(2)13-25(10-9-19(21)23)20(27)16-12-17(18-4-3-11-28-18)26(24-16)15-7-5-14(22)6-8-15/h3-8,11-12,19H,9-10,13,23H2,1-2H3. The number of amides is 1. The molecule has 1 fully saturated rings. The minimum Gasteiger partial charge on any atom is -0.463 e. The Morgan fingerprint density at radius 3 is 2.68 bits per heavy atom. The smallest absolute Gasteiger partial charge is 0.274 e. The van der Waals surface area contributed by atoms with Gasteiger partial charge in [-0.3, -0.25) is 4.79 Å². The summed E-state index contributed by atoms with van der Waals surface area (Å²) in [6.07, 6.45) is 2.38. The van der Waals surface area contributed by atoms with E-state index >= 15 is 0 Å².